The fourth-order valence-electron chi connectivity index (χ4n) is 6.57. The third-order valence-electron chi connectivity index (χ3n) is 8.76. The van der Waals surface area contributed by atoms with Gasteiger partial charge in [0, 0.05) is 36.4 Å². The van der Waals surface area contributed by atoms with Crippen molar-refractivity contribution in [2.24, 2.45) is 0 Å². The molecule has 1 aliphatic carbocycles. The number of unbranched alkanes of at least 4 members (excludes halogenated alkanes) is 1. The van der Waals surface area contributed by atoms with Crippen LogP contribution in [0.1, 0.15) is 68.3 Å². The first-order chi connectivity index (χ1) is 21.0. The summed E-state index contributed by atoms with van der Waals surface area (Å²) in [5.41, 5.74) is 5.36. The fourth-order valence-corrected chi connectivity index (χ4v) is 6.57. The largest absolute Gasteiger partial charge is 0.439 e. The van der Waals surface area contributed by atoms with E-state index >= 15 is 0 Å². The highest BCUT2D eigenvalue weighted by Gasteiger charge is 2.41. The Morgan fingerprint density at radius 1 is 1.00 bits per heavy atom. The van der Waals surface area contributed by atoms with Crippen LogP contribution in [0.5, 0.6) is 0 Å². The highest BCUT2D eigenvalue weighted by molar-refractivity contribution is 5.80. The van der Waals surface area contributed by atoms with Crippen LogP contribution < -0.4 is 11.3 Å². The van der Waals surface area contributed by atoms with Crippen LogP contribution in [0.2, 0.25) is 0 Å². The fraction of sp³-hybridized carbons (Fsp3) is 0.406. The first kappa shape index (κ1) is 27.5. The lowest BCUT2D eigenvalue weighted by molar-refractivity contribution is -0.181. The Balaban J connectivity index is 1.24. The summed E-state index contributed by atoms with van der Waals surface area (Å²) >= 11 is 0. The smallest absolute Gasteiger partial charge is 0.348 e. The molecule has 1 saturated carbocycles. The summed E-state index contributed by atoms with van der Waals surface area (Å²) in [6, 6.07) is 15.9. The van der Waals surface area contributed by atoms with Gasteiger partial charge in [0.25, 0.3) is 5.56 Å². The van der Waals surface area contributed by atoms with Gasteiger partial charge in [0.15, 0.2) is 11.6 Å². The van der Waals surface area contributed by atoms with Crippen molar-refractivity contribution in [2.75, 3.05) is 13.2 Å². The molecule has 3 aromatic heterocycles. The predicted octanol–water partition coefficient (Wildman–Crippen LogP) is 4.69. The summed E-state index contributed by atoms with van der Waals surface area (Å²) in [6.45, 7) is 3.40. The molecule has 11 nitrogen and oxygen atoms in total. The van der Waals surface area contributed by atoms with Gasteiger partial charge in [-0.15, -0.1) is 0 Å². The summed E-state index contributed by atoms with van der Waals surface area (Å²) in [5.74, 6) is -0.113. The lowest BCUT2D eigenvalue weighted by atomic mass is 9.89. The number of hydrogen-bond acceptors (Lipinski definition) is 8. The number of nitrogens with zero attached hydrogens (tertiary/aromatic N) is 5. The molecule has 222 valence electrons. The van der Waals surface area contributed by atoms with Gasteiger partial charge in [-0.2, -0.15) is 10.1 Å². The molecule has 5 aromatic rings. The molecule has 1 aliphatic heterocycles. The zero-order chi connectivity index (χ0) is 29.4. The standard InChI is InChI=1S/C32H34N6O5/c1-2-3-8-27-26(19-21-9-11-22(12-10-21)24-6-4-5-7-25(24)28-35-31(40)43-36-28)29(39)37(30-33-20-34-38(27)30)23-13-15-32(16-14-23)41-17-18-42-32/h4-7,9-12,20,23H,2-3,8,13-19H2,1H3,(H,35,36,40). The molecule has 1 saturated heterocycles. The Morgan fingerprint density at radius 3 is 2.44 bits per heavy atom. The van der Waals surface area contributed by atoms with Gasteiger partial charge in [-0.05, 0) is 42.4 Å². The van der Waals surface area contributed by atoms with Gasteiger partial charge < -0.3 is 9.47 Å². The number of nitrogens with one attached hydrogen (secondary N) is 1. The average molecular weight is 583 g/mol. The Labute approximate surface area is 247 Å². The second-order valence-corrected chi connectivity index (χ2v) is 11.4. The molecule has 2 aliphatic rings. The van der Waals surface area contributed by atoms with Gasteiger partial charge in [0.05, 0.1) is 18.9 Å². The van der Waals surface area contributed by atoms with Crippen molar-refractivity contribution in [3.8, 4) is 22.5 Å². The summed E-state index contributed by atoms with van der Waals surface area (Å²) in [4.78, 5) is 33.1. The van der Waals surface area contributed by atoms with Crippen molar-refractivity contribution >= 4 is 5.78 Å². The SMILES string of the molecule is CCCCc1c(Cc2ccc(-c3ccccc3-c3noc(=O)[nH]3)cc2)c(=O)n(C2CCC3(CC2)OCCO3)c2ncnn12. The van der Waals surface area contributed by atoms with Gasteiger partial charge in [-0.1, -0.05) is 67.0 Å². The van der Waals surface area contributed by atoms with E-state index in [1.54, 1.807) is 6.33 Å². The average Bonchev–Trinajstić information content (AvgIpc) is 3.80. The van der Waals surface area contributed by atoms with Crippen LogP contribution >= 0.6 is 0 Å². The Bertz CT molecular complexity index is 1850. The van der Waals surface area contributed by atoms with Crippen molar-refractivity contribution in [3.63, 3.8) is 0 Å². The second kappa shape index (κ2) is 11.4. The van der Waals surface area contributed by atoms with E-state index < -0.39 is 11.5 Å². The molecule has 11 heteroatoms. The van der Waals surface area contributed by atoms with Crippen LogP contribution in [0.15, 0.2) is 69.0 Å². The molecule has 0 atom stereocenters. The first-order valence-corrected chi connectivity index (χ1v) is 15.0. The topological polar surface area (TPSA) is 130 Å². The van der Waals surface area contributed by atoms with Crippen LogP contribution in [0.4, 0.5) is 0 Å². The summed E-state index contributed by atoms with van der Waals surface area (Å²) in [6.07, 6.45) is 7.80. The molecule has 4 heterocycles. The van der Waals surface area contributed by atoms with Crippen LogP contribution in [0.25, 0.3) is 28.3 Å². The van der Waals surface area contributed by atoms with E-state index in [4.69, 9.17) is 14.0 Å². The van der Waals surface area contributed by atoms with Crippen LogP contribution in [0, 0.1) is 0 Å². The first-order valence-electron chi connectivity index (χ1n) is 15.0. The van der Waals surface area contributed by atoms with Crippen molar-refractivity contribution in [1.82, 2.24) is 29.3 Å². The predicted molar refractivity (Wildman–Crippen MR) is 159 cm³/mol. The number of aryl methyl sites for hydroxylation is 1. The number of hydrogen-bond donors (Lipinski definition) is 1. The molecule has 0 unspecified atom stereocenters. The molecule has 0 bridgehead atoms. The summed E-state index contributed by atoms with van der Waals surface area (Å²) in [5, 5.41) is 8.46. The van der Waals surface area contributed by atoms with Crippen LogP contribution in [-0.4, -0.2) is 48.3 Å². The zero-order valence-corrected chi connectivity index (χ0v) is 24.1. The van der Waals surface area contributed by atoms with E-state index in [0.717, 1.165) is 78.5 Å². The maximum absolute atomic E-state index is 14.3. The number of aromatic nitrogens is 6. The number of H-pyrrole nitrogens is 1. The van der Waals surface area contributed by atoms with E-state index in [9.17, 15) is 9.59 Å². The monoisotopic (exact) mass is 582 g/mol. The third kappa shape index (κ3) is 5.12. The summed E-state index contributed by atoms with van der Waals surface area (Å²) < 4.78 is 20.4. The van der Waals surface area contributed by atoms with E-state index in [1.807, 2.05) is 45.5 Å². The quantitative estimate of drug-likeness (QED) is 0.279. The molecule has 1 N–H and O–H groups in total. The molecule has 0 radical (unpaired) electrons. The minimum absolute atomic E-state index is 0.00144. The number of fused-ring (bicyclic) bond motifs is 1. The van der Waals surface area contributed by atoms with Crippen molar-refractivity contribution in [2.45, 2.75) is 70.1 Å². The van der Waals surface area contributed by atoms with Gasteiger partial charge in [-0.25, -0.2) is 9.31 Å². The Morgan fingerprint density at radius 2 is 1.74 bits per heavy atom. The minimum Gasteiger partial charge on any atom is -0.348 e. The molecular formula is C32H34N6O5. The Hall–Kier alpha value is -4.35. The molecule has 1 spiro atoms. The van der Waals surface area contributed by atoms with Crippen LogP contribution in [0.3, 0.4) is 0 Å². The lowest BCUT2D eigenvalue weighted by Gasteiger charge is -2.36. The van der Waals surface area contributed by atoms with E-state index in [1.165, 1.54) is 0 Å². The van der Waals surface area contributed by atoms with E-state index in [0.29, 0.717) is 31.2 Å². The highest BCUT2D eigenvalue weighted by atomic mass is 16.7. The van der Waals surface area contributed by atoms with Gasteiger partial charge in [-0.3, -0.25) is 18.9 Å². The van der Waals surface area contributed by atoms with Gasteiger partial charge in [0.2, 0.25) is 5.78 Å². The lowest BCUT2D eigenvalue weighted by Crippen LogP contribution is -2.39. The third-order valence-corrected chi connectivity index (χ3v) is 8.76. The second-order valence-electron chi connectivity index (χ2n) is 11.4. The number of ether oxygens (including phenoxy) is 2. The van der Waals surface area contributed by atoms with E-state index in [-0.39, 0.29) is 11.6 Å². The van der Waals surface area contributed by atoms with Gasteiger partial charge >= 0.3 is 5.76 Å². The molecule has 0 amide bonds. The molecule has 2 fully saturated rings. The highest BCUT2D eigenvalue weighted by Crippen LogP contribution is 2.40. The molecule has 2 aromatic carbocycles. The molecule has 7 rings (SSSR count). The maximum atomic E-state index is 14.3. The molecule has 43 heavy (non-hydrogen) atoms. The summed E-state index contributed by atoms with van der Waals surface area (Å²) in [7, 11) is 0. The number of rotatable bonds is 8. The van der Waals surface area contributed by atoms with Crippen LogP contribution in [-0.2, 0) is 22.3 Å². The van der Waals surface area contributed by atoms with Crippen molar-refractivity contribution in [1.29, 1.82) is 0 Å². The van der Waals surface area contributed by atoms with Crippen molar-refractivity contribution < 1.29 is 14.0 Å². The molecular weight excluding hydrogens is 548 g/mol. The maximum Gasteiger partial charge on any atom is 0.439 e. The van der Waals surface area contributed by atoms with Gasteiger partial charge in [0.1, 0.15) is 6.33 Å². The normalized spacial score (nSPS) is 16.9. The van der Waals surface area contributed by atoms with E-state index in [2.05, 4.69) is 39.3 Å². The number of aromatic amines is 1. The van der Waals surface area contributed by atoms with Crippen molar-refractivity contribution in [3.05, 3.63) is 92.6 Å². The Kier molecular flexibility index (Phi) is 7.28. The zero-order valence-electron chi connectivity index (χ0n) is 24.1. The number of benzene rings is 2. The minimum atomic E-state index is -0.595.